The zero-order valence-corrected chi connectivity index (χ0v) is 19.7. The number of ether oxygens (including phenoxy) is 2. The minimum Gasteiger partial charge on any atom is -0.495 e. The zero-order valence-electron chi connectivity index (χ0n) is 19.7. The lowest BCUT2D eigenvalue weighted by Crippen LogP contribution is -2.44. The van der Waals surface area contributed by atoms with E-state index in [0.29, 0.717) is 23.4 Å². The lowest BCUT2D eigenvalue weighted by molar-refractivity contribution is 0.00710. The van der Waals surface area contributed by atoms with E-state index in [4.69, 9.17) is 19.6 Å². The highest BCUT2D eigenvalue weighted by Crippen LogP contribution is 2.39. The molecule has 180 valence electrons. The van der Waals surface area contributed by atoms with Crippen LogP contribution in [0.1, 0.15) is 43.1 Å². The first-order valence-electron chi connectivity index (χ1n) is 11.9. The molecule has 34 heavy (non-hydrogen) atoms. The monoisotopic (exact) mass is 465 g/mol. The van der Waals surface area contributed by atoms with E-state index in [0.717, 1.165) is 67.4 Å². The van der Waals surface area contributed by atoms with Crippen LogP contribution in [-0.2, 0) is 4.74 Å². The molecule has 9 nitrogen and oxygen atoms in total. The Morgan fingerprint density at radius 1 is 1.21 bits per heavy atom. The number of carbonyl (C=O) groups is 1. The van der Waals surface area contributed by atoms with Gasteiger partial charge in [0.25, 0.3) is 0 Å². The molecule has 1 aliphatic heterocycles. The van der Waals surface area contributed by atoms with E-state index in [1.807, 2.05) is 31.5 Å². The summed E-state index contributed by atoms with van der Waals surface area (Å²) in [6, 6.07) is 6.06. The molecule has 0 unspecified atom stereocenters. The third-order valence-corrected chi connectivity index (χ3v) is 7.11. The van der Waals surface area contributed by atoms with Gasteiger partial charge in [0.1, 0.15) is 11.6 Å². The second-order valence-corrected chi connectivity index (χ2v) is 9.05. The normalized spacial score (nSPS) is 21.5. The van der Waals surface area contributed by atoms with Crippen LogP contribution in [0.4, 0.5) is 10.5 Å². The van der Waals surface area contributed by atoms with Gasteiger partial charge in [-0.3, -0.25) is 19.6 Å². The standard InChI is InChI=1S/C25H31N5O4/c1-16-23-22(18-5-8-20(27-25(31)32)21(15-18)33-2)28-24(30(23)10-9-26-16)17-3-6-19(7-4-17)29-11-13-34-14-12-29/h5,8-10,15,17,19,27H,3-4,6-7,11-14H2,1-2H3,(H,31,32). The molecular formula is C25H31N5O4. The summed E-state index contributed by atoms with van der Waals surface area (Å²) in [6.45, 7) is 5.74. The van der Waals surface area contributed by atoms with Crippen molar-refractivity contribution < 1.29 is 19.4 Å². The van der Waals surface area contributed by atoms with E-state index in [1.54, 1.807) is 6.07 Å². The van der Waals surface area contributed by atoms with Gasteiger partial charge in [-0.05, 0) is 44.7 Å². The molecule has 9 heteroatoms. The number of aromatic nitrogens is 3. The maximum atomic E-state index is 11.1. The van der Waals surface area contributed by atoms with E-state index in [1.165, 1.54) is 20.0 Å². The van der Waals surface area contributed by atoms with Gasteiger partial charge in [0.05, 0.1) is 42.9 Å². The summed E-state index contributed by atoms with van der Waals surface area (Å²) in [6.07, 6.45) is 7.25. The van der Waals surface area contributed by atoms with E-state index < -0.39 is 6.09 Å². The van der Waals surface area contributed by atoms with Crippen LogP contribution >= 0.6 is 0 Å². The minimum absolute atomic E-state index is 0.384. The number of methoxy groups -OCH3 is 1. The summed E-state index contributed by atoms with van der Waals surface area (Å²) in [5.41, 5.74) is 4.00. The van der Waals surface area contributed by atoms with Crippen LogP contribution in [-0.4, -0.2) is 69.9 Å². The van der Waals surface area contributed by atoms with Crippen LogP contribution in [0.15, 0.2) is 30.6 Å². The molecular weight excluding hydrogens is 434 g/mol. The number of nitrogens with zero attached hydrogens (tertiary/aromatic N) is 4. The molecule has 2 N–H and O–H groups in total. The fourth-order valence-corrected chi connectivity index (χ4v) is 5.41. The average molecular weight is 466 g/mol. The highest BCUT2D eigenvalue weighted by Gasteiger charge is 2.30. The van der Waals surface area contributed by atoms with E-state index in [9.17, 15) is 4.79 Å². The van der Waals surface area contributed by atoms with Crippen molar-refractivity contribution in [3.05, 3.63) is 42.1 Å². The Bertz CT molecular complexity index is 1180. The first kappa shape index (κ1) is 22.6. The molecule has 3 aromatic rings. The number of nitrogens with one attached hydrogen (secondary N) is 1. The first-order chi connectivity index (χ1) is 16.5. The summed E-state index contributed by atoms with van der Waals surface area (Å²) in [4.78, 5) is 23.4. The number of imidazole rings is 1. The van der Waals surface area contributed by atoms with Crippen LogP contribution in [0.3, 0.4) is 0 Å². The number of hydrogen-bond acceptors (Lipinski definition) is 6. The highest BCUT2D eigenvalue weighted by atomic mass is 16.5. The lowest BCUT2D eigenvalue weighted by Gasteiger charge is -2.38. The molecule has 1 saturated heterocycles. The van der Waals surface area contributed by atoms with E-state index in [2.05, 4.69) is 19.6 Å². The Morgan fingerprint density at radius 3 is 2.68 bits per heavy atom. The molecule has 2 aromatic heterocycles. The van der Waals surface area contributed by atoms with Crippen molar-refractivity contribution in [2.75, 3.05) is 38.7 Å². The van der Waals surface area contributed by atoms with Gasteiger partial charge >= 0.3 is 6.09 Å². The largest absolute Gasteiger partial charge is 0.495 e. The lowest BCUT2D eigenvalue weighted by atomic mass is 9.84. The van der Waals surface area contributed by atoms with Crippen molar-refractivity contribution in [3.8, 4) is 17.0 Å². The zero-order chi connectivity index (χ0) is 23.7. The Kier molecular flexibility index (Phi) is 6.38. The van der Waals surface area contributed by atoms with Gasteiger partial charge in [-0.2, -0.15) is 0 Å². The Balaban J connectivity index is 1.47. The van der Waals surface area contributed by atoms with Gasteiger partial charge < -0.3 is 14.6 Å². The Labute approximate surface area is 198 Å². The molecule has 0 radical (unpaired) electrons. The SMILES string of the molecule is COc1cc(-c2nc(C3CCC(N4CCOCC4)CC3)n3ccnc(C)c23)ccc1NC(=O)O. The molecule has 0 atom stereocenters. The molecule has 1 aliphatic carbocycles. The van der Waals surface area contributed by atoms with Crippen LogP contribution in [0.2, 0.25) is 0 Å². The summed E-state index contributed by atoms with van der Waals surface area (Å²) >= 11 is 0. The molecule has 1 aromatic carbocycles. The van der Waals surface area contributed by atoms with E-state index in [-0.39, 0.29) is 0 Å². The molecule has 0 spiro atoms. The highest BCUT2D eigenvalue weighted by molar-refractivity contribution is 5.88. The van der Waals surface area contributed by atoms with Gasteiger partial charge in [0.15, 0.2) is 0 Å². The molecule has 5 rings (SSSR count). The Morgan fingerprint density at radius 2 is 1.97 bits per heavy atom. The number of amides is 1. The number of carboxylic acid groups (broad SMARTS) is 1. The molecule has 2 fully saturated rings. The maximum absolute atomic E-state index is 11.1. The second kappa shape index (κ2) is 9.60. The smallest absolute Gasteiger partial charge is 0.409 e. The van der Waals surface area contributed by atoms with Crippen molar-refractivity contribution in [1.82, 2.24) is 19.3 Å². The fraction of sp³-hybridized carbons (Fsp3) is 0.480. The van der Waals surface area contributed by atoms with Gasteiger partial charge in [-0.15, -0.1) is 0 Å². The van der Waals surface area contributed by atoms with Crippen LogP contribution in [0.25, 0.3) is 16.8 Å². The topological polar surface area (TPSA) is 101 Å². The maximum Gasteiger partial charge on any atom is 0.409 e. The number of morpholine rings is 1. The number of fused-ring (bicyclic) bond motifs is 1. The van der Waals surface area contributed by atoms with Crippen molar-refractivity contribution in [2.45, 2.75) is 44.6 Å². The summed E-state index contributed by atoms with van der Waals surface area (Å²) in [7, 11) is 1.53. The number of aryl methyl sites for hydroxylation is 1. The van der Waals surface area contributed by atoms with Crippen LogP contribution in [0, 0.1) is 6.92 Å². The second-order valence-electron chi connectivity index (χ2n) is 9.05. The van der Waals surface area contributed by atoms with Crippen molar-refractivity contribution in [2.24, 2.45) is 0 Å². The summed E-state index contributed by atoms with van der Waals surface area (Å²) < 4.78 is 13.2. The van der Waals surface area contributed by atoms with Crippen molar-refractivity contribution in [3.63, 3.8) is 0 Å². The van der Waals surface area contributed by atoms with Crippen LogP contribution in [0.5, 0.6) is 5.75 Å². The quantitative estimate of drug-likeness (QED) is 0.583. The summed E-state index contributed by atoms with van der Waals surface area (Å²) in [5, 5.41) is 11.5. The van der Waals surface area contributed by atoms with Gasteiger partial charge in [-0.25, -0.2) is 9.78 Å². The molecule has 2 aliphatic rings. The minimum atomic E-state index is -1.13. The predicted octanol–water partition coefficient (Wildman–Crippen LogP) is 4.16. The van der Waals surface area contributed by atoms with Crippen molar-refractivity contribution in [1.29, 1.82) is 0 Å². The summed E-state index contributed by atoms with van der Waals surface area (Å²) in [5.74, 6) is 1.91. The number of rotatable bonds is 5. The predicted molar refractivity (Wildman–Crippen MR) is 129 cm³/mol. The first-order valence-corrected chi connectivity index (χ1v) is 11.9. The van der Waals surface area contributed by atoms with Gasteiger partial charge in [0.2, 0.25) is 0 Å². The third-order valence-electron chi connectivity index (χ3n) is 7.11. The third kappa shape index (κ3) is 4.33. The van der Waals surface area contributed by atoms with Crippen LogP contribution < -0.4 is 10.1 Å². The number of anilines is 1. The van der Waals surface area contributed by atoms with Crippen molar-refractivity contribution >= 4 is 17.3 Å². The molecule has 1 saturated carbocycles. The fourth-order valence-electron chi connectivity index (χ4n) is 5.41. The van der Waals surface area contributed by atoms with E-state index >= 15 is 0 Å². The molecule has 0 bridgehead atoms. The number of hydrogen-bond donors (Lipinski definition) is 2. The van der Waals surface area contributed by atoms with Gasteiger partial charge in [0, 0.05) is 43.0 Å². The molecule has 3 heterocycles. The number of benzene rings is 1. The Hall–Kier alpha value is -3.17. The molecule has 1 amide bonds. The average Bonchev–Trinajstić information content (AvgIpc) is 3.26. The van der Waals surface area contributed by atoms with Gasteiger partial charge in [-0.1, -0.05) is 6.07 Å².